The van der Waals surface area contributed by atoms with E-state index in [1.165, 1.54) is 44.5 Å². The fraction of sp³-hybridized carbons (Fsp3) is 0.130. The normalized spacial score (nSPS) is 14.9. The van der Waals surface area contributed by atoms with Crippen molar-refractivity contribution in [3.63, 3.8) is 0 Å². The van der Waals surface area contributed by atoms with Crippen LogP contribution in [0.5, 0.6) is 0 Å². The summed E-state index contributed by atoms with van der Waals surface area (Å²) in [6.45, 7) is 9.29. The van der Waals surface area contributed by atoms with Crippen LogP contribution in [-0.2, 0) is 10.8 Å². The van der Waals surface area contributed by atoms with Gasteiger partial charge in [0.05, 0.1) is 11.4 Å². The standard InChI is InChI=1S/C46H34N2O/c1-45(2)36-20-9-6-15-32(36)42-33(17-12-21-37(42)45)39-26-40(34-18-11-16-31-30-14-7-10-22-41(30)49-43(31)34)48-44(47-39)27-23-24-29-28-13-5-8-19-35(28)46(3,4)38(29)25-27/h5-26H,1-4H3. The van der Waals surface area contributed by atoms with Crippen molar-refractivity contribution in [1.82, 2.24) is 9.97 Å². The second-order valence-electron chi connectivity index (χ2n) is 14.6. The summed E-state index contributed by atoms with van der Waals surface area (Å²) < 4.78 is 6.54. The number of benzene rings is 6. The van der Waals surface area contributed by atoms with Crippen LogP contribution in [0.25, 0.3) is 78.1 Å². The second kappa shape index (κ2) is 9.87. The Morgan fingerprint density at radius 1 is 0.449 bits per heavy atom. The first-order valence-corrected chi connectivity index (χ1v) is 17.1. The van der Waals surface area contributed by atoms with E-state index in [0.717, 1.165) is 50.0 Å². The molecule has 2 aliphatic carbocycles. The van der Waals surface area contributed by atoms with Crippen molar-refractivity contribution < 1.29 is 4.42 Å². The van der Waals surface area contributed by atoms with E-state index in [0.29, 0.717) is 5.82 Å². The largest absolute Gasteiger partial charge is 0.455 e. The maximum atomic E-state index is 6.54. The maximum absolute atomic E-state index is 6.54. The Morgan fingerprint density at radius 3 is 1.86 bits per heavy atom. The zero-order valence-electron chi connectivity index (χ0n) is 28.0. The predicted molar refractivity (Wildman–Crippen MR) is 201 cm³/mol. The molecule has 0 unspecified atom stereocenters. The lowest BCUT2D eigenvalue weighted by Crippen LogP contribution is -2.15. The summed E-state index contributed by atoms with van der Waals surface area (Å²) in [6.07, 6.45) is 0. The van der Waals surface area contributed by atoms with Crippen molar-refractivity contribution in [1.29, 1.82) is 0 Å². The average molecular weight is 631 g/mol. The molecular weight excluding hydrogens is 597 g/mol. The summed E-state index contributed by atoms with van der Waals surface area (Å²) >= 11 is 0. The van der Waals surface area contributed by atoms with E-state index >= 15 is 0 Å². The summed E-state index contributed by atoms with van der Waals surface area (Å²) in [6, 6.07) is 47.8. The molecule has 234 valence electrons. The Labute approximate surface area is 285 Å². The van der Waals surface area contributed by atoms with Crippen LogP contribution in [-0.4, -0.2) is 9.97 Å². The van der Waals surface area contributed by atoms with Gasteiger partial charge in [-0.15, -0.1) is 0 Å². The minimum Gasteiger partial charge on any atom is -0.455 e. The summed E-state index contributed by atoms with van der Waals surface area (Å²) in [7, 11) is 0. The van der Waals surface area contributed by atoms with Gasteiger partial charge in [-0.1, -0.05) is 137 Å². The predicted octanol–water partition coefficient (Wildman–Crippen LogP) is 12.0. The molecule has 0 saturated carbocycles. The smallest absolute Gasteiger partial charge is 0.160 e. The fourth-order valence-corrected chi connectivity index (χ4v) is 8.61. The topological polar surface area (TPSA) is 38.9 Å². The monoisotopic (exact) mass is 630 g/mol. The molecule has 0 aliphatic heterocycles. The first kappa shape index (κ1) is 28.2. The van der Waals surface area contributed by atoms with Crippen molar-refractivity contribution in [2.24, 2.45) is 0 Å². The molecule has 0 saturated heterocycles. The molecule has 8 aromatic rings. The lowest BCUT2D eigenvalue weighted by Gasteiger charge is -2.22. The van der Waals surface area contributed by atoms with Crippen molar-refractivity contribution in [3.05, 3.63) is 156 Å². The van der Waals surface area contributed by atoms with E-state index in [1.807, 2.05) is 12.1 Å². The Balaban J connectivity index is 1.24. The molecule has 2 heterocycles. The molecule has 3 nitrogen and oxygen atoms in total. The quantitative estimate of drug-likeness (QED) is 0.195. The molecule has 6 aromatic carbocycles. The van der Waals surface area contributed by atoms with Gasteiger partial charge in [-0.05, 0) is 68.8 Å². The molecule has 2 aliphatic rings. The maximum Gasteiger partial charge on any atom is 0.160 e. The number of aromatic nitrogens is 2. The van der Waals surface area contributed by atoms with E-state index in [4.69, 9.17) is 14.4 Å². The molecule has 0 amide bonds. The van der Waals surface area contributed by atoms with Gasteiger partial charge >= 0.3 is 0 Å². The van der Waals surface area contributed by atoms with Gasteiger partial charge < -0.3 is 4.42 Å². The molecule has 0 N–H and O–H groups in total. The van der Waals surface area contributed by atoms with Gasteiger partial charge in [0.15, 0.2) is 5.82 Å². The van der Waals surface area contributed by atoms with Crippen molar-refractivity contribution >= 4 is 21.9 Å². The van der Waals surface area contributed by atoms with Gasteiger partial charge in [-0.25, -0.2) is 9.97 Å². The number of hydrogen-bond acceptors (Lipinski definition) is 3. The molecule has 0 spiro atoms. The van der Waals surface area contributed by atoms with Gasteiger partial charge in [-0.2, -0.15) is 0 Å². The van der Waals surface area contributed by atoms with E-state index in [9.17, 15) is 0 Å². The number of fused-ring (bicyclic) bond motifs is 9. The van der Waals surface area contributed by atoms with E-state index < -0.39 is 0 Å². The Bertz CT molecular complexity index is 2670. The number of rotatable bonds is 3. The minimum absolute atomic E-state index is 0.110. The highest BCUT2D eigenvalue weighted by atomic mass is 16.3. The Morgan fingerprint density at radius 2 is 1.02 bits per heavy atom. The molecular formula is C46H34N2O. The van der Waals surface area contributed by atoms with Crippen LogP contribution >= 0.6 is 0 Å². The molecule has 0 bridgehead atoms. The number of para-hydroxylation sites is 2. The molecule has 0 radical (unpaired) electrons. The van der Waals surface area contributed by atoms with E-state index in [2.05, 4.69) is 149 Å². The summed E-state index contributed by atoms with van der Waals surface area (Å²) in [4.78, 5) is 10.7. The van der Waals surface area contributed by atoms with Crippen molar-refractivity contribution in [2.75, 3.05) is 0 Å². The lowest BCUT2D eigenvalue weighted by atomic mass is 9.82. The van der Waals surface area contributed by atoms with Crippen LogP contribution in [0, 0.1) is 0 Å². The fourth-order valence-electron chi connectivity index (χ4n) is 8.61. The first-order valence-electron chi connectivity index (χ1n) is 17.1. The molecule has 3 heteroatoms. The van der Waals surface area contributed by atoms with E-state index in [-0.39, 0.29) is 10.8 Å². The third kappa shape index (κ3) is 3.90. The molecule has 10 rings (SSSR count). The van der Waals surface area contributed by atoms with Gasteiger partial charge in [-0.3, -0.25) is 0 Å². The number of nitrogens with zero attached hydrogens (tertiary/aromatic N) is 2. The van der Waals surface area contributed by atoms with Gasteiger partial charge in [0.1, 0.15) is 11.2 Å². The summed E-state index contributed by atoms with van der Waals surface area (Å²) in [5, 5.41) is 2.19. The average Bonchev–Trinajstić information content (AvgIpc) is 3.71. The van der Waals surface area contributed by atoms with Gasteiger partial charge in [0.2, 0.25) is 0 Å². The van der Waals surface area contributed by atoms with Crippen molar-refractivity contribution in [3.8, 4) is 56.2 Å². The lowest BCUT2D eigenvalue weighted by molar-refractivity contribution is 0.660. The van der Waals surface area contributed by atoms with Crippen LogP contribution in [0.1, 0.15) is 49.9 Å². The van der Waals surface area contributed by atoms with Crippen LogP contribution in [0.2, 0.25) is 0 Å². The van der Waals surface area contributed by atoms with Gasteiger partial charge in [0, 0.05) is 38.3 Å². The SMILES string of the molecule is CC1(C)c2ccccc2-c2ccc(-c3nc(-c4cccc5c4-c4ccccc4C5(C)C)cc(-c4cccc5c4oc4ccccc45)n3)cc21. The highest BCUT2D eigenvalue weighted by Crippen LogP contribution is 2.53. The van der Waals surface area contributed by atoms with Crippen LogP contribution < -0.4 is 0 Å². The van der Waals surface area contributed by atoms with Gasteiger partial charge in [0.25, 0.3) is 0 Å². The summed E-state index contributed by atoms with van der Waals surface area (Å²) in [5.41, 5.74) is 16.8. The second-order valence-corrected chi connectivity index (χ2v) is 14.6. The van der Waals surface area contributed by atoms with Crippen LogP contribution in [0.15, 0.2) is 138 Å². The van der Waals surface area contributed by atoms with Crippen molar-refractivity contribution in [2.45, 2.75) is 38.5 Å². The third-order valence-electron chi connectivity index (χ3n) is 11.1. The van der Waals surface area contributed by atoms with E-state index in [1.54, 1.807) is 0 Å². The Kier molecular flexibility index (Phi) is 5.69. The zero-order chi connectivity index (χ0) is 33.1. The highest BCUT2D eigenvalue weighted by molar-refractivity contribution is 6.09. The molecule has 2 aromatic heterocycles. The zero-order valence-corrected chi connectivity index (χ0v) is 28.0. The molecule has 49 heavy (non-hydrogen) atoms. The van der Waals surface area contributed by atoms with Crippen LogP contribution in [0.4, 0.5) is 0 Å². The highest BCUT2D eigenvalue weighted by Gasteiger charge is 2.38. The van der Waals surface area contributed by atoms with Crippen LogP contribution in [0.3, 0.4) is 0 Å². The summed E-state index contributed by atoms with van der Waals surface area (Å²) in [5.74, 6) is 0.707. The minimum atomic E-state index is -0.127. The Hall–Kier alpha value is -5.80. The third-order valence-corrected chi connectivity index (χ3v) is 11.1. The molecule has 0 atom stereocenters. The molecule has 0 fully saturated rings. The number of hydrogen-bond donors (Lipinski definition) is 0. The first-order chi connectivity index (χ1) is 23.8. The number of furan rings is 1.